The molecule has 2 rings (SSSR count). The van der Waals surface area contributed by atoms with Crippen LogP contribution in [0, 0.1) is 33.9 Å². The minimum absolute atomic E-state index is 0. The SMILES string of the molecule is C.C.C.CCCC[N+]1(C)CCCC1.CCCC[N+]1(C)CCCC1.N#CC#N.O.[B-]C#N.[Cl-].[Cl-].[K+].[K+]. The average Bonchev–Trinajstić information content (AvgIpc) is 3.29. The minimum atomic E-state index is 0. The molecule has 0 saturated carbocycles. The Labute approximate surface area is 319 Å². The number of halogens is 2. The van der Waals surface area contributed by atoms with Gasteiger partial charge in [-0.3, -0.25) is 11.2 Å². The van der Waals surface area contributed by atoms with Crippen LogP contribution in [-0.2, 0) is 0 Å². The number of nitriles is 3. The minimum Gasteiger partial charge on any atom is -1.00 e. The molecule has 35 heavy (non-hydrogen) atoms. The van der Waals surface area contributed by atoms with Crippen LogP contribution >= 0.6 is 0 Å². The molecule has 0 unspecified atom stereocenters. The van der Waals surface area contributed by atoms with Crippen LogP contribution in [0.15, 0.2) is 0 Å². The second kappa shape index (κ2) is 46.1. The van der Waals surface area contributed by atoms with E-state index in [1.54, 1.807) is 0 Å². The Hall–Kier alpha value is 2.27. The number of hydrogen-bond donors (Lipinski definition) is 0. The average molecular weight is 589 g/mol. The van der Waals surface area contributed by atoms with E-state index >= 15 is 0 Å². The van der Waals surface area contributed by atoms with E-state index in [0.717, 1.165) is 0 Å². The molecule has 2 fully saturated rings. The molecule has 0 amide bonds. The Morgan fingerprint density at radius 1 is 0.657 bits per heavy atom. The molecule has 199 valence electrons. The van der Waals surface area contributed by atoms with E-state index in [9.17, 15) is 0 Å². The van der Waals surface area contributed by atoms with E-state index < -0.39 is 0 Å². The fourth-order valence-corrected chi connectivity index (χ4v) is 3.72. The Morgan fingerprint density at radius 3 is 1.00 bits per heavy atom. The number of unbranched alkanes of at least 4 members (excludes halogenated alkanes) is 2. The van der Waals surface area contributed by atoms with Crippen molar-refractivity contribution >= 4 is 7.85 Å². The van der Waals surface area contributed by atoms with Crippen LogP contribution in [0.3, 0.4) is 0 Å². The summed E-state index contributed by atoms with van der Waals surface area (Å²) in [6, 6.07) is 2.47. The van der Waals surface area contributed by atoms with Crippen LogP contribution in [0.1, 0.15) is 87.5 Å². The summed E-state index contributed by atoms with van der Waals surface area (Å²) >= 11 is 0. The Morgan fingerprint density at radius 2 is 0.857 bits per heavy atom. The molecule has 0 bridgehead atoms. The van der Waals surface area contributed by atoms with Gasteiger partial charge in [0.15, 0.2) is 12.1 Å². The molecule has 0 aliphatic carbocycles. The maximum absolute atomic E-state index is 7.26. The Bertz CT molecular complexity index is 452. The quantitative estimate of drug-likeness (QED) is 0.228. The summed E-state index contributed by atoms with van der Waals surface area (Å²) < 4.78 is 2.71. The number of nitrogens with zero attached hydrogens (tertiary/aromatic N) is 5. The molecule has 2 aliphatic rings. The zero-order valence-corrected chi connectivity index (χ0v) is 29.2. The Kier molecular flexibility index (Phi) is 86.9. The van der Waals surface area contributed by atoms with Gasteiger partial charge in [0.05, 0.1) is 53.4 Å². The zero-order valence-electron chi connectivity index (χ0n) is 21.5. The third-order valence-corrected chi connectivity index (χ3v) is 5.44. The molecule has 2 aliphatic heterocycles. The second-order valence-corrected chi connectivity index (χ2v) is 8.05. The van der Waals surface area contributed by atoms with Gasteiger partial charge in [-0.2, -0.15) is 10.5 Å². The third kappa shape index (κ3) is 43.6. The summed E-state index contributed by atoms with van der Waals surface area (Å²) in [6.45, 7) is 13.1. The van der Waals surface area contributed by atoms with E-state index in [1.165, 1.54) is 118 Å². The molecule has 3 radical (unpaired) electrons. The van der Waals surface area contributed by atoms with Gasteiger partial charge in [0, 0.05) is 25.7 Å². The van der Waals surface area contributed by atoms with Gasteiger partial charge < -0.3 is 47.1 Å². The van der Waals surface area contributed by atoms with Crippen LogP contribution in [0.4, 0.5) is 0 Å². The Balaban J connectivity index is -0.0000000300. The van der Waals surface area contributed by atoms with Crippen molar-refractivity contribution in [3.8, 4) is 18.1 Å². The molecule has 11 heteroatoms. The first kappa shape index (κ1) is 65.9. The van der Waals surface area contributed by atoms with Gasteiger partial charge in [0.2, 0.25) is 0 Å². The molecule has 0 spiro atoms. The van der Waals surface area contributed by atoms with E-state index in [1.807, 2.05) is 0 Å². The molecule has 2 heterocycles. The van der Waals surface area contributed by atoms with Crippen LogP contribution in [0.5, 0.6) is 0 Å². The molecule has 0 aromatic rings. The number of likely N-dealkylation sites (tertiary alicyclic amines) is 2. The molecule has 2 saturated heterocycles. The summed E-state index contributed by atoms with van der Waals surface area (Å²) in [5, 5.41) is 21.6. The topological polar surface area (TPSA) is 103 Å². The number of hydrogen-bond acceptors (Lipinski definition) is 3. The van der Waals surface area contributed by atoms with Crippen LogP contribution in [0.25, 0.3) is 0 Å². The van der Waals surface area contributed by atoms with Gasteiger partial charge in [-0.25, -0.2) is 0 Å². The predicted octanol–water partition coefficient (Wildman–Crippen LogP) is -7.18. The van der Waals surface area contributed by atoms with Gasteiger partial charge in [-0.1, -0.05) is 49.0 Å². The summed E-state index contributed by atoms with van der Waals surface area (Å²) in [4.78, 5) is 0. The molecular weight excluding hydrogens is 534 g/mol. The first-order valence-corrected chi connectivity index (χ1v) is 10.4. The predicted molar refractivity (Wildman–Crippen MR) is 136 cm³/mol. The van der Waals surface area contributed by atoms with Crippen molar-refractivity contribution in [3.63, 3.8) is 0 Å². The standard InChI is InChI=1S/2C9H20N.C2N2.CBN.3CH4.2ClH.2K.H2O/c2*1-3-4-7-10(2)8-5-6-9-10;3-1-2-4;2-1-3;;;;;;;;/h2*3-9H2,1-2H3;;;3*1H4;2*1H;;;1H2/q2*+1;;-1;;;;;;2*+1;/p-2. The largest absolute Gasteiger partial charge is 1.00 e. The van der Waals surface area contributed by atoms with E-state index in [0.29, 0.717) is 0 Å². The van der Waals surface area contributed by atoms with Crippen molar-refractivity contribution in [2.45, 2.75) is 87.5 Å². The monoisotopic (exact) mass is 587 g/mol. The van der Waals surface area contributed by atoms with E-state index in [2.05, 4.69) is 35.8 Å². The van der Waals surface area contributed by atoms with Crippen molar-refractivity contribution in [3.05, 3.63) is 0 Å². The normalized spacial score (nSPS) is 13.9. The number of rotatable bonds is 6. The molecule has 6 nitrogen and oxygen atoms in total. The molecule has 0 aromatic heterocycles. The van der Waals surface area contributed by atoms with Crippen molar-refractivity contribution in [1.82, 2.24) is 0 Å². The van der Waals surface area contributed by atoms with Gasteiger partial charge in [0.1, 0.15) is 0 Å². The summed E-state index contributed by atoms with van der Waals surface area (Å²) in [7, 11) is 8.96. The molecule has 0 aromatic carbocycles. The van der Waals surface area contributed by atoms with E-state index in [-0.39, 0.29) is 155 Å². The first-order valence-electron chi connectivity index (χ1n) is 10.4. The van der Waals surface area contributed by atoms with Crippen molar-refractivity contribution in [2.24, 2.45) is 0 Å². The second-order valence-electron chi connectivity index (χ2n) is 8.05. The van der Waals surface area contributed by atoms with Crippen molar-refractivity contribution in [2.75, 3.05) is 53.4 Å². The van der Waals surface area contributed by atoms with Gasteiger partial charge in [-0.05, 0) is 12.8 Å². The fourth-order valence-electron chi connectivity index (χ4n) is 3.72. The maximum atomic E-state index is 7.26. The number of quaternary nitrogens is 2. The van der Waals surface area contributed by atoms with Crippen LogP contribution in [0.2, 0.25) is 0 Å². The molecule has 2 N–H and O–H groups in total. The van der Waals surface area contributed by atoms with E-state index in [4.69, 9.17) is 15.8 Å². The zero-order chi connectivity index (χ0) is 21.0. The van der Waals surface area contributed by atoms with Crippen LogP contribution in [-0.4, -0.2) is 75.7 Å². The fraction of sp³-hybridized carbons (Fsp3) is 0.875. The third-order valence-electron chi connectivity index (χ3n) is 5.44. The van der Waals surface area contributed by atoms with Crippen molar-refractivity contribution < 1.29 is 142 Å². The summed E-state index contributed by atoms with van der Waals surface area (Å²) in [5.74, 6) is 1.25. The smallest absolute Gasteiger partial charge is 1.00 e. The summed E-state index contributed by atoms with van der Waals surface area (Å²) in [5.41, 5.74) is 0. The van der Waals surface area contributed by atoms with Gasteiger partial charge in [-0.15, -0.1) is 0 Å². The van der Waals surface area contributed by atoms with Crippen LogP contribution < -0.4 is 128 Å². The molecular formula is C24H54BCl2K2N5O+. The summed E-state index contributed by atoms with van der Waals surface area (Å²) in [6.07, 6.45) is 11.4. The first-order chi connectivity index (χ1) is 12.9. The molecule has 0 atom stereocenters. The van der Waals surface area contributed by atoms with Gasteiger partial charge in [0.25, 0.3) is 0 Å². The maximum Gasteiger partial charge on any atom is 1.00 e. The van der Waals surface area contributed by atoms with Crippen molar-refractivity contribution in [1.29, 1.82) is 15.8 Å². The van der Waals surface area contributed by atoms with Gasteiger partial charge >= 0.3 is 103 Å².